The minimum absolute atomic E-state index is 0.179. The third-order valence-electron chi connectivity index (χ3n) is 4.06. The standard InChI is InChI=1S/C15H20N2O/c18-15(17-13-5-2-6-13)9-12-4-1-3-11-7-8-16-10-14(11)12/h1,3-4,13,16H,2,5-10H2,(H,17,18). The first-order valence-electron chi connectivity index (χ1n) is 6.92. The van der Waals surface area contributed by atoms with E-state index >= 15 is 0 Å². The van der Waals surface area contributed by atoms with Gasteiger partial charge in [0.2, 0.25) is 5.91 Å². The summed E-state index contributed by atoms with van der Waals surface area (Å²) in [6, 6.07) is 6.79. The molecule has 1 aromatic carbocycles. The Morgan fingerprint density at radius 1 is 1.39 bits per heavy atom. The van der Waals surface area contributed by atoms with Crippen LogP contribution in [0.2, 0.25) is 0 Å². The van der Waals surface area contributed by atoms with Gasteiger partial charge >= 0.3 is 0 Å². The molecule has 0 bridgehead atoms. The number of carbonyl (C=O) groups excluding carboxylic acids is 1. The molecule has 96 valence electrons. The summed E-state index contributed by atoms with van der Waals surface area (Å²) in [5, 5.41) is 6.50. The summed E-state index contributed by atoms with van der Waals surface area (Å²) in [5.41, 5.74) is 3.94. The zero-order valence-corrected chi connectivity index (χ0v) is 10.7. The number of hydrogen-bond donors (Lipinski definition) is 2. The van der Waals surface area contributed by atoms with Gasteiger partial charge in [-0.15, -0.1) is 0 Å². The molecule has 0 radical (unpaired) electrons. The SMILES string of the molecule is O=C(Cc1cccc2c1CNCC2)NC1CCC1. The molecule has 1 aromatic rings. The van der Waals surface area contributed by atoms with E-state index in [9.17, 15) is 4.79 Å². The van der Waals surface area contributed by atoms with Crippen molar-refractivity contribution in [2.75, 3.05) is 6.54 Å². The number of benzene rings is 1. The molecule has 3 rings (SSSR count). The zero-order valence-electron chi connectivity index (χ0n) is 10.7. The number of amides is 1. The molecular formula is C15H20N2O. The molecule has 0 spiro atoms. The average molecular weight is 244 g/mol. The fourth-order valence-electron chi connectivity index (χ4n) is 2.76. The summed E-state index contributed by atoms with van der Waals surface area (Å²) in [6.45, 7) is 1.95. The molecule has 3 nitrogen and oxygen atoms in total. The molecular weight excluding hydrogens is 224 g/mol. The lowest BCUT2D eigenvalue weighted by molar-refractivity contribution is -0.121. The second kappa shape index (κ2) is 5.11. The van der Waals surface area contributed by atoms with E-state index in [1.165, 1.54) is 23.1 Å². The van der Waals surface area contributed by atoms with E-state index in [1.54, 1.807) is 0 Å². The number of nitrogens with one attached hydrogen (secondary N) is 2. The highest BCUT2D eigenvalue weighted by Crippen LogP contribution is 2.20. The summed E-state index contributed by atoms with van der Waals surface area (Å²) >= 11 is 0. The van der Waals surface area contributed by atoms with Gasteiger partial charge in [-0.3, -0.25) is 4.79 Å². The van der Waals surface area contributed by atoms with Crippen LogP contribution in [-0.4, -0.2) is 18.5 Å². The first kappa shape index (κ1) is 11.7. The van der Waals surface area contributed by atoms with E-state index in [0.717, 1.165) is 32.4 Å². The van der Waals surface area contributed by atoms with Gasteiger partial charge in [-0.2, -0.15) is 0 Å². The lowest BCUT2D eigenvalue weighted by Gasteiger charge is -2.27. The normalized spacial score (nSPS) is 18.9. The highest BCUT2D eigenvalue weighted by Gasteiger charge is 2.20. The molecule has 0 aromatic heterocycles. The van der Waals surface area contributed by atoms with E-state index in [4.69, 9.17) is 0 Å². The minimum Gasteiger partial charge on any atom is -0.353 e. The third kappa shape index (κ3) is 2.41. The number of carbonyl (C=O) groups is 1. The molecule has 18 heavy (non-hydrogen) atoms. The van der Waals surface area contributed by atoms with Crippen molar-refractivity contribution in [2.24, 2.45) is 0 Å². The van der Waals surface area contributed by atoms with Gasteiger partial charge in [0, 0.05) is 12.6 Å². The van der Waals surface area contributed by atoms with Crippen LogP contribution in [0.4, 0.5) is 0 Å². The van der Waals surface area contributed by atoms with E-state index in [0.29, 0.717) is 12.5 Å². The predicted octanol–water partition coefficient (Wildman–Crippen LogP) is 1.54. The first-order valence-corrected chi connectivity index (χ1v) is 6.92. The van der Waals surface area contributed by atoms with Crippen molar-refractivity contribution in [3.05, 3.63) is 34.9 Å². The highest BCUT2D eigenvalue weighted by atomic mass is 16.1. The van der Waals surface area contributed by atoms with Crippen LogP contribution in [0.25, 0.3) is 0 Å². The van der Waals surface area contributed by atoms with Crippen molar-refractivity contribution in [1.82, 2.24) is 10.6 Å². The predicted molar refractivity (Wildman–Crippen MR) is 71.3 cm³/mol. The third-order valence-corrected chi connectivity index (χ3v) is 4.06. The molecule has 0 unspecified atom stereocenters. The average Bonchev–Trinajstić information content (AvgIpc) is 2.34. The Hall–Kier alpha value is -1.35. The lowest BCUT2D eigenvalue weighted by Crippen LogP contribution is -2.40. The summed E-state index contributed by atoms with van der Waals surface area (Å²) in [6.07, 6.45) is 5.17. The number of fused-ring (bicyclic) bond motifs is 1. The summed E-state index contributed by atoms with van der Waals surface area (Å²) in [7, 11) is 0. The van der Waals surface area contributed by atoms with E-state index in [2.05, 4.69) is 28.8 Å². The van der Waals surface area contributed by atoms with Gasteiger partial charge in [0.05, 0.1) is 6.42 Å². The molecule has 2 aliphatic rings. The van der Waals surface area contributed by atoms with Crippen molar-refractivity contribution in [1.29, 1.82) is 0 Å². The van der Waals surface area contributed by atoms with Crippen LogP contribution in [0.1, 0.15) is 36.0 Å². The molecule has 0 saturated heterocycles. The van der Waals surface area contributed by atoms with Crippen LogP contribution in [0.5, 0.6) is 0 Å². The molecule has 1 heterocycles. The number of hydrogen-bond acceptors (Lipinski definition) is 2. The van der Waals surface area contributed by atoms with Crippen LogP contribution in [0, 0.1) is 0 Å². The minimum atomic E-state index is 0.179. The van der Waals surface area contributed by atoms with E-state index < -0.39 is 0 Å². The fourth-order valence-corrected chi connectivity index (χ4v) is 2.76. The quantitative estimate of drug-likeness (QED) is 0.847. The maximum atomic E-state index is 12.0. The summed E-state index contributed by atoms with van der Waals surface area (Å²) in [4.78, 5) is 12.0. The van der Waals surface area contributed by atoms with Gasteiger partial charge in [0.1, 0.15) is 0 Å². The molecule has 1 aliphatic heterocycles. The molecule has 1 saturated carbocycles. The maximum absolute atomic E-state index is 12.0. The zero-order chi connectivity index (χ0) is 12.4. The van der Waals surface area contributed by atoms with E-state index in [-0.39, 0.29) is 5.91 Å². The lowest BCUT2D eigenvalue weighted by atomic mass is 9.92. The van der Waals surface area contributed by atoms with Gasteiger partial charge in [-0.1, -0.05) is 18.2 Å². The van der Waals surface area contributed by atoms with Gasteiger partial charge in [0.25, 0.3) is 0 Å². The van der Waals surface area contributed by atoms with Crippen LogP contribution < -0.4 is 10.6 Å². The molecule has 1 aliphatic carbocycles. The van der Waals surface area contributed by atoms with Gasteiger partial charge in [-0.25, -0.2) is 0 Å². The maximum Gasteiger partial charge on any atom is 0.224 e. The van der Waals surface area contributed by atoms with E-state index in [1.807, 2.05) is 0 Å². The van der Waals surface area contributed by atoms with Gasteiger partial charge in [-0.05, 0) is 48.9 Å². The number of rotatable bonds is 3. The fraction of sp³-hybridized carbons (Fsp3) is 0.533. The summed E-state index contributed by atoms with van der Waals surface area (Å²) < 4.78 is 0. The van der Waals surface area contributed by atoms with Crippen LogP contribution >= 0.6 is 0 Å². The molecule has 2 N–H and O–H groups in total. The van der Waals surface area contributed by atoms with Crippen molar-refractivity contribution in [3.8, 4) is 0 Å². The summed E-state index contributed by atoms with van der Waals surface area (Å²) in [5.74, 6) is 0.179. The smallest absolute Gasteiger partial charge is 0.224 e. The van der Waals surface area contributed by atoms with Crippen molar-refractivity contribution in [2.45, 2.75) is 44.7 Å². The monoisotopic (exact) mass is 244 g/mol. The largest absolute Gasteiger partial charge is 0.353 e. The van der Waals surface area contributed by atoms with Crippen molar-refractivity contribution < 1.29 is 4.79 Å². The van der Waals surface area contributed by atoms with Crippen LogP contribution in [-0.2, 0) is 24.2 Å². The van der Waals surface area contributed by atoms with Gasteiger partial charge in [0.15, 0.2) is 0 Å². The Balaban J connectivity index is 1.69. The Bertz CT molecular complexity index is 452. The Morgan fingerprint density at radius 2 is 2.28 bits per heavy atom. The molecule has 0 atom stereocenters. The topological polar surface area (TPSA) is 41.1 Å². The van der Waals surface area contributed by atoms with Crippen molar-refractivity contribution in [3.63, 3.8) is 0 Å². The Kier molecular flexibility index (Phi) is 3.33. The molecule has 1 fully saturated rings. The highest BCUT2D eigenvalue weighted by molar-refractivity contribution is 5.79. The second-order valence-electron chi connectivity index (χ2n) is 5.35. The van der Waals surface area contributed by atoms with Crippen LogP contribution in [0.15, 0.2) is 18.2 Å². The van der Waals surface area contributed by atoms with Crippen LogP contribution in [0.3, 0.4) is 0 Å². The Labute approximate surface area is 108 Å². The Morgan fingerprint density at radius 3 is 3.06 bits per heavy atom. The van der Waals surface area contributed by atoms with Gasteiger partial charge < -0.3 is 10.6 Å². The molecule has 1 amide bonds. The second-order valence-corrected chi connectivity index (χ2v) is 5.35. The first-order chi connectivity index (χ1) is 8.83. The van der Waals surface area contributed by atoms with Crippen molar-refractivity contribution >= 4 is 5.91 Å². The molecule has 3 heteroatoms.